The van der Waals surface area contributed by atoms with Crippen molar-refractivity contribution in [3.8, 4) is 11.5 Å². The van der Waals surface area contributed by atoms with Gasteiger partial charge in [-0.2, -0.15) is 0 Å². The number of nitrogens with zero attached hydrogens (tertiary/aromatic N) is 1. The van der Waals surface area contributed by atoms with Crippen LogP contribution in [0.25, 0.3) is 0 Å². The Hall–Kier alpha value is -2.71. The van der Waals surface area contributed by atoms with Crippen LogP contribution in [0.15, 0.2) is 36.4 Å². The fourth-order valence-corrected chi connectivity index (χ4v) is 2.63. The summed E-state index contributed by atoms with van der Waals surface area (Å²) in [6.45, 7) is 0.428. The second kappa shape index (κ2) is 7.04. The molecule has 0 saturated carbocycles. The maximum absolute atomic E-state index is 13.4. The van der Waals surface area contributed by atoms with Gasteiger partial charge in [-0.3, -0.25) is 15.4 Å². The van der Waals surface area contributed by atoms with Crippen LogP contribution in [0.1, 0.15) is 17.2 Å². The van der Waals surface area contributed by atoms with E-state index in [9.17, 15) is 14.5 Å². The highest BCUT2D eigenvalue weighted by molar-refractivity contribution is 5.44. The molecule has 1 N–H and O–H groups in total. The van der Waals surface area contributed by atoms with Crippen molar-refractivity contribution in [2.24, 2.45) is 0 Å². The lowest BCUT2D eigenvalue weighted by Crippen LogP contribution is -2.18. The molecule has 2 aromatic carbocycles. The number of nitro benzene ring substituents is 1. The second-order valence-electron chi connectivity index (χ2n) is 5.50. The average Bonchev–Trinajstić information content (AvgIpc) is 3.39. The Morgan fingerprint density at radius 2 is 2.04 bits per heavy atom. The molecule has 132 valence electrons. The lowest BCUT2D eigenvalue weighted by Gasteiger charge is -2.10. The quantitative estimate of drug-likeness (QED) is 0.470. The SMILES string of the molecule is COc1ccc(CNC2OC2c2cc(F)ccc2[N+](=O)[O-])c(OC)c1. The van der Waals surface area contributed by atoms with Crippen LogP contribution in [-0.2, 0) is 11.3 Å². The maximum atomic E-state index is 13.4. The van der Waals surface area contributed by atoms with Crippen LogP contribution in [0.3, 0.4) is 0 Å². The summed E-state index contributed by atoms with van der Waals surface area (Å²) >= 11 is 0. The van der Waals surface area contributed by atoms with Crippen LogP contribution in [0.2, 0.25) is 0 Å². The van der Waals surface area contributed by atoms with Gasteiger partial charge in [0.05, 0.1) is 24.7 Å². The maximum Gasteiger partial charge on any atom is 0.275 e. The van der Waals surface area contributed by atoms with Gasteiger partial charge in [0.1, 0.15) is 29.6 Å². The molecule has 1 fully saturated rings. The molecular formula is C17H17FN2O5. The van der Waals surface area contributed by atoms with Crippen LogP contribution in [0, 0.1) is 15.9 Å². The third-order valence-electron chi connectivity index (χ3n) is 3.97. The smallest absolute Gasteiger partial charge is 0.275 e. The number of methoxy groups -OCH3 is 2. The first-order valence-electron chi connectivity index (χ1n) is 7.57. The Labute approximate surface area is 143 Å². The fourth-order valence-electron chi connectivity index (χ4n) is 2.63. The van der Waals surface area contributed by atoms with Crippen LogP contribution in [-0.4, -0.2) is 25.4 Å². The van der Waals surface area contributed by atoms with Crippen molar-refractivity contribution in [3.63, 3.8) is 0 Å². The van der Waals surface area contributed by atoms with Gasteiger partial charge in [0.25, 0.3) is 5.69 Å². The number of epoxide rings is 1. The molecule has 0 radical (unpaired) electrons. The van der Waals surface area contributed by atoms with Crippen LogP contribution in [0.4, 0.5) is 10.1 Å². The standard InChI is InChI=1S/C17H17FN2O5/c1-23-12-5-3-10(15(8-12)24-2)9-19-17-16(25-17)13-7-11(18)4-6-14(13)20(21)22/h3-8,16-17,19H,9H2,1-2H3. The highest BCUT2D eigenvalue weighted by Crippen LogP contribution is 2.42. The zero-order valence-electron chi connectivity index (χ0n) is 13.7. The molecule has 3 rings (SSSR count). The monoisotopic (exact) mass is 348 g/mol. The Bertz CT molecular complexity index is 799. The highest BCUT2D eigenvalue weighted by atomic mass is 19.1. The number of rotatable bonds is 7. The van der Waals surface area contributed by atoms with Gasteiger partial charge in [0, 0.05) is 24.2 Å². The topological polar surface area (TPSA) is 86.2 Å². The van der Waals surface area contributed by atoms with Gasteiger partial charge < -0.3 is 14.2 Å². The average molecular weight is 348 g/mol. The van der Waals surface area contributed by atoms with E-state index in [0.29, 0.717) is 18.0 Å². The van der Waals surface area contributed by atoms with E-state index >= 15 is 0 Å². The van der Waals surface area contributed by atoms with E-state index in [2.05, 4.69) is 5.32 Å². The van der Waals surface area contributed by atoms with E-state index in [1.807, 2.05) is 12.1 Å². The van der Waals surface area contributed by atoms with Crippen molar-refractivity contribution in [1.29, 1.82) is 0 Å². The Kier molecular flexibility index (Phi) is 4.82. The van der Waals surface area contributed by atoms with Crippen molar-refractivity contribution >= 4 is 5.69 Å². The van der Waals surface area contributed by atoms with Gasteiger partial charge in [-0.25, -0.2) is 4.39 Å². The highest BCUT2D eigenvalue weighted by Gasteiger charge is 2.44. The number of hydrogen-bond acceptors (Lipinski definition) is 6. The van der Waals surface area contributed by atoms with E-state index < -0.39 is 23.1 Å². The molecule has 0 spiro atoms. The van der Waals surface area contributed by atoms with Gasteiger partial charge >= 0.3 is 0 Å². The van der Waals surface area contributed by atoms with E-state index in [1.54, 1.807) is 20.3 Å². The minimum absolute atomic E-state index is 0.155. The van der Waals surface area contributed by atoms with Crippen molar-refractivity contribution in [3.05, 3.63) is 63.5 Å². The van der Waals surface area contributed by atoms with E-state index in [1.165, 1.54) is 0 Å². The predicted molar refractivity (Wildman–Crippen MR) is 87.1 cm³/mol. The molecule has 0 aliphatic carbocycles. The molecule has 2 aromatic rings. The Morgan fingerprint density at radius 1 is 1.24 bits per heavy atom. The largest absolute Gasteiger partial charge is 0.497 e. The third-order valence-corrected chi connectivity index (χ3v) is 3.97. The number of nitro groups is 1. The fraction of sp³-hybridized carbons (Fsp3) is 0.294. The van der Waals surface area contributed by atoms with Crippen molar-refractivity contribution in [2.45, 2.75) is 18.9 Å². The van der Waals surface area contributed by atoms with Gasteiger partial charge in [0.15, 0.2) is 0 Å². The molecule has 7 nitrogen and oxygen atoms in total. The van der Waals surface area contributed by atoms with Crippen LogP contribution >= 0.6 is 0 Å². The first-order valence-corrected chi connectivity index (χ1v) is 7.57. The molecule has 0 aromatic heterocycles. The van der Waals surface area contributed by atoms with E-state index in [0.717, 1.165) is 23.8 Å². The first kappa shape index (κ1) is 17.1. The molecule has 1 aliphatic heterocycles. The van der Waals surface area contributed by atoms with Crippen LogP contribution in [0.5, 0.6) is 11.5 Å². The molecular weight excluding hydrogens is 331 g/mol. The summed E-state index contributed by atoms with van der Waals surface area (Å²) in [4.78, 5) is 10.5. The number of benzene rings is 2. The molecule has 2 unspecified atom stereocenters. The van der Waals surface area contributed by atoms with Gasteiger partial charge in [-0.15, -0.1) is 0 Å². The minimum atomic E-state index is -0.555. The molecule has 1 heterocycles. The summed E-state index contributed by atoms with van der Waals surface area (Å²) in [6.07, 6.45) is -0.979. The summed E-state index contributed by atoms with van der Waals surface area (Å²) in [6, 6.07) is 8.78. The minimum Gasteiger partial charge on any atom is -0.497 e. The molecule has 8 heteroatoms. The predicted octanol–water partition coefficient (Wildman–Crippen LogP) is 2.94. The molecule has 1 saturated heterocycles. The van der Waals surface area contributed by atoms with Crippen molar-refractivity contribution < 1.29 is 23.5 Å². The second-order valence-corrected chi connectivity index (χ2v) is 5.50. The van der Waals surface area contributed by atoms with Crippen molar-refractivity contribution in [1.82, 2.24) is 5.32 Å². The lowest BCUT2D eigenvalue weighted by molar-refractivity contribution is -0.385. The summed E-state index contributed by atoms with van der Waals surface area (Å²) < 4.78 is 29.3. The summed E-state index contributed by atoms with van der Waals surface area (Å²) in [5.41, 5.74) is 0.952. The van der Waals surface area contributed by atoms with E-state index in [4.69, 9.17) is 14.2 Å². The number of halogens is 1. The van der Waals surface area contributed by atoms with Crippen LogP contribution < -0.4 is 14.8 Å². The van der Waals surface area contributed by atoms with Gasteiger partial charge in [-0.1, -0.05) is 6.07 Å². The summed E-state index contributed by atoms with van der Waals surface area (Å²) in [5.74, 6) is 0.795. The molecule has 1 aliphatic rings. The summed E-state index contributed by atoms with van der Waals surface area (Å²) in [7, 11) is 3.13. The molecule has 0 bridgehead atoms. The number of nitrogens with one attached hydrogen (secondary N) is 1. The lowest BCUT2D eigenvalue weighted by atomic mass is 10.1. The molecule has 25 heavy (non-hydrogen) atoms. The molecule has 2 atom stereocenters. The summed E-state index contributed by atoms with van der Waals surface area (Å²) in [5, 5.41) is 14.2. The molecule has 0 amide bonds. The zero-order chi connectivity index (χ0) is 18.0. The zero-order valence-corrected chi connectivity index (χ0v) is 13.7. The Balaban J connectivity index is 1.68. The van der Waals surface area contributed by atoms with Gasteiger partial charge in [0.2, 0.25) is 0 Å². The third kappa shape index (κ3) is 3.70. The van der Waals surface area contributed by atoms with E-state index in [-0.39, 0.29) is 11.3 Å². The normalized spacial score (nSPS) is 18.7. The van der Waals surface area contributed by atoms with Gasteiger partial charge in [-0.05, 0) is 18.2 Å². The first-order chi connectivity index (χ1) is 12.0. The van der Waals surface area contributed by atoms with Crippen molar-refractivity contribution in [2.75, 3.05) is 14.2 Å². The number of ether oxygens (including phenoxy) is 3. The Morgan fingerprint density at radius 3 is 2.72 bits per heavy atom. The number of hydrogen-bond donors (Lipinski definition) is 1.